The van der Waals surface area contributed by atoms with E-state index >= 15 is 0 Å². The van der Waals surface area contributed by atoms with E-state index in [4.69, 9.17) is 9.47 Å². The van der Waals surface area contributed by atoms with Crippen LogP contribution in [0, 0.1) is 5.82 Å². The van der Waals surface area contributed by atoms with Gasteiger partial charge in [-0.3, -0.25) is 4.79 Å². The zero-order valence-electron chi connectivity index (χ0n) is 14.4. The predicted molar refractivity (Wildman–Crippen MR) is 92.9 cm³/mol. The quantitative estimate of drug-likeness (QED) is 0.773. The number of hydrogen-bond acceptors (Lipinski definition) is 4. The minimum absolute atomic E-state index is 0.153. The van der Waals surface area contributed by atoms with Crippen LogP contribution in [0.2, 0.25) is 0 Å². The van der Waals surface area contributed by atoms with Crippen LogP contribution >= 0.6 is 0 Å². The number of carbonyl (C=O) groups is 2. The van der Waals surface area contributed by atoms with Crippen molar-refractivity contribution >= 4 is 11.9 Å². The Morgan fingerprint density at radius 1 is 1.08 bits per heavy atom. The van der Waals surface area contributed by atoms with Gasteiger partial charge in [-0.05, 0) is 44.0 Å². The maximum Gasteiger partial charge on any atom is 0.348 e. The molecule has 0 aromatic heterocycles. The average Bonchev–Trinajstić information content (AvgIpc) is 3.46. The Bertz CT molecular complexity index is 759. The number of nitrogens with one attached hydrogen (secondary N) is 1. The van der Waals surface area contributed by atoms with Crippen LogP contribution in [0.1, 0.15) is 31.4 Å². The molecule has 1 fully saturated rings. The number of carbonyl (C=O) groups excluding carboxylic acids is 2. The number of amides is 1. The molecule has 26 heavy (non-hydrogen) atoms. The number of rotatable bonds is 7. The average molecular weight is 357 g/mol. The Morgan fingerprint density at radius 2 is 1.73 bits per heavy atom. The van der Waals surface area contributed by atoms with E-state index in [-0.39, 0.29) is 11.9 Å². The van der Waals surface area contributed by atoms with Gasteiger partial charge in [-0.25, -0.2) is 9.18 Å². The predicted octanol–water partition coefficient (Wildman–Crippen LogP) is 3.16. The number of halogens is 1. The topological polar surface area (TPSA) is 64.6 Å². The van der Waals surface area contributed by atoms with Crippen LogP contribution in [0.4, 0.5) is 4.39 Å². The normalized spacial score (nSPS) is 15.6. The molecular formula is C20H20FNO4. The third-order valence-corrected chi connectivity index (χ3v) is 3.96. The monoisotopic (exact) mass is 357 g/mol. The lowest BCUT2D eigenvalue weighted by Crippen LogP contribution is -2.36. The summed E-state index contributed by atoms with van der Waals surface area (Å²) in [5.41, 5.74) is 0.591. The number of hydrogen-bond donors (Lipinski definition) is 1. The molecule has 1 amide bonds. The van der Waals surface area contributed by atoms with Gasteiger partial charge in [0, 0.05) is 11.6 Å². The molecule has 0 spiro atoms. The molecule has 0 heterocycles. The van der Waals surface area contributed by atoms with Gasteiger partial charge in [0.05, 0.1) is 0 Å². The van der Waals surface area contributed by atoms with Crippen LogP contribution in [0.5, 0.6) is 5.75 Å². The lowest BCUT2D eigenvalue weighted by atomic mass is 10.1. The van der Waals surface area contributed by atoms with E-state index in [0.717, 1.165) is 12.8 Å². The van der Waals surface area contributed by atoms with Crippen molar-refractivity contribution in [1.29, 1.82) is 0 Å². The SMILES string of the molecule is C[C@H](Oc1ccc(F)cc1)C(=O)O[C@H](C(=O)NC1CC1)c1ccccc1. The Morgan fingerprint density at radius 3 is 2.35 bits per heavy atom. The van der Waals surface area contributed by atoms with Crippen molar-refractivity contribution in [3.63, 3.8) is 0 Å². The fourth-order valence-corrected chi connectivity index (χ4v) is 2.38. The van der Waals surface area contributed by atoms with Crippen molar-refractivity contribution in [3.05, 3.63) is 66.0 Å². The minimum atomic E-state index is -1.04. The van der Waals surface area contributed by atoms with Gasteiger partial charge in [0.25, 0.3) is 5.91 Å². The largest absolute Gasteiger partial charge is 0.479 e. The molecular weight excluding hydrogens is 337 g/mol. The van der Waals surface area contributed by atoms with Crippen LogP contribution < -0.4 is 10.1 Å². The van der Waals surface area contributed by atoms with Gasteiger partial charge >= 0.3 is 5.97 Å². The van der Waals surface area contributed by atoms with Gasteiger partial charge < -0.3 is 14.8 Å². The minimum Gasteiger partial charge on any atom is -0.479 e. The summed E-state index contributed by atoms with van der Waals surface area (Å²) in [6.07, 6.45) is -0.111. The summed E-state index contributed by atoms with van der Waals surface area (Å²) in [6.45, 7) is 1.52. The number of ether oxygens (including phenoxy) is 2. The molecule has 3 rings (SSSR count). The van der Waals surface area contributed by atoms with Crippen molar-refractivity contribution in [2.24, 2.45) is 0 Å². The first-order chi connectivity index (χ1) is 12.5. The van der Waals surface area contributed by atoms with E-state index in [1.807, 2.05) is 6.07 Å². The second-order valence-electron chi connectivity index (χ2n) is 6.22. The summed E-state index contributed by atoms with van der Waals surface area (Å²) in [4.78, 5) is 24.9. The molecule has 2 aromatic carbocycles. The third-order valence-electron chi connectivity index (χ3n) is 3.96. The summed E-state index contributed by atoms with van der Waals surface area (Å²) in [5.74, 6) is -1.07. The zero-order chi connectivity index (χ0) is 18.5. The first-order valence-corrected chi connectivity index (χ1v) is 8.51. The van der Waals surface area contributed by atoms with Gasteiger partial charge in [0.15, 0.2) is 6.10 Å². The first kappa shape index (κ1) is 17.9. The van der Waals surface area contributed by atoms with Gasteiger partial charge in [0.2, 0.25) is 6.10 Å². The highest BCUT2D eigenvalue weighted by atomic mass is 19.1. The van der Waals surface area contributed by atoms with Crippen molar-refractivity contribution in [2.45, 2.75) is 38.0 Å². The second kappa shape index (κ2) is 7.99. The smallest absolute Gasteiger partial charge is 0.348 e. The highest BCUT2D eigenvalue weighted by molar-refractivity contribution is 5.86. The molecule has 2 aromatic rings. The molecule has 136 valence electrons. The van der Waals surface area contributed by atoms with Gasteiger partial charge in [-0.1, -0.05) is 30.3 Å². The molecule has 0 bridgehead atoms. The molecule has 1 N–H and O–H groups in total. The summed E-state index contributed by atoms with van der Waals surface area (Å²) < 4.78 is 23.9. The Kier molecular flexibility index (Phi) is 5.51. The van der Waals surface area contributed by atoms with Gasteiger partial charge in [-0.15, -0.1) is 0 Å². The van der Waals surface area contributed by atoms with E-state index in [2.05, 4.69) is 5.32 Å². The molecule has 0 radical (unpaired) electrons. The first-order valence-electron chi connectivity index (χ1n) is 8.51. The van der Waals surface area contributed by atoms with E-state index in [1.165, 1.54) is 31.2 Å². The maximum atomic E-state index is 12.9. The van der Waals surface area contributed by atoms with Crippen molar-refractivity contribution in [2.75, 3.05) is 0 Å². The molecule has 5 nitrogen and oxygen atoms in total. The van der Waals surface area contributed by atoms with Crippen LogP contribution in [-0.2, 0) is 14.3 Å². The lowest BCUT2D eigenvalue weighted by Gasteiger charge is -2.20. The summed E-state index contributed by atoms with van der Waals surface area (Å²) in [7, 11) is 0. The molecule has 6 heteroatoms. The molecule has 1 aliphatic carbocycles. The van der Waals surface area contributed by atoms with Crippen molar-refractivity contribution in [1.82, 2.24) is 5.32 Å². The number of benzene rings is 2. The van der Waals surface area contributed by atoms with E-state index in [0.29, 0.717) is 11.3 Å². The van der Waals surface area contributed by atoms with Crippen molar-refractivity contribution in [3.8, 4) is 5.75 Å². The van der Waals surface area contributed by atoms with E-state index in [1.54, 1.807) is 24.3 Å². The molecule has 1 saturated carbocycles. The van der Waals surface area contributed by atoms with Crippen LogP contribution in [0.25, 0.3) is 0 Å². The Hall–Kier alpha value is -2.89. The summed E-state index contributed by atoms with van der Waals surface area (Å²) in [5, 5.41) is 2.85. The van der Waals surface area contributed by atoms with Gasteiger partial charge in [-0.2, -0.15) is 0 Å². The van der Waals surface area contributed by atoms with Crippen LogP contribution in [0.3, 0.4) is 0 Å². The van der Waals surface area contributed by atoms with Crippen LogP contribution in [-0.4, -0.2) is 24.0 Å². The molecule has 0 saturated heterocycles. The molecule has 1 aliphatic rings. The van der Waals surface area contributed by atoms with E-state index in [9.17, 15) is 14.0 Å². The lowest BCUT2D eigenvalue weighted by molar-refractivity contribution is -0.162. The Balaban J connectivity index is 1.67. The maximum absolute atomic E-state index is 12.9. The zero-order valence-corrected chi connectivity index (χ0v) is 14.4. The van der Waals surface area contributed by atoms with Crippen molar-refractivity contribution < 1.29 is 23.5 Å². The fraction of sp³-hybridized carbons (Fsp3) is 0.300. The highest BCUT2D eigenvalue weighted by Crippen LogP contribution is 2.24. The number of esters is 1. The third kappa shape index (κ3) is 4.81. The standard InChI is InChI=1S/C20H20FNO4/c1-13(25-17-11-7-15(21)8-12-17)20(24)26-18(14-5-3-2-4-6-14)19(23)22-16-9-10-16/h2-8,11-13,16,18H,9-10H2,1H3,(H,22,23)/t13-,18-/m0/s1. The highest BCUT2D eigenvalue weighted by Gasteiger charge is 2.32. The van der Waals surface area contributed by atoms with Crippen LogP contribution in [0.15, 0.2) is 54.6 Å². The molecule has 0 unspecified atom stereocenters. The van der Waals surface area contributed by atoms with E-state index < -0.39 is 24.0 Å². The van der Waals surface area contributed by atoms with Gasteiger partial charge in [0.1, 0.15) is 11.6 Å². The molecule has 0 aliphatic heterocycles. The Labute approximate surface area is 151 Å². The second-order valence-corrected chi connectivity index (χ2v) is 6.22. The summed E-state index contributed by atoms with van der Waals surface area (Å²) >= 11 is 0. The summed E-state index contributed by atoms with van der Waals surface area (Å²) in [6, 6.07) is 14.3. The fourth-order valence-electron chi connectivity index (χ4n) is 2.38. The molecule has 2 atom stereocenters.